The summed E-state index contributed by atoms with van der Waals surface area (Å²) in [5.41, 5.74) is 4.71. The van der Waals surface area contributed by atoms with E-state index in [1.807, 2.05) is 0 Å². The molecule has 1 aromatic rings. The number of rotatable bonds is 16. The molecule has 27 heavy (non-hydrogen) atoms. The van der Waals surface area contributed by atoms with E-state index in [0.29, 0.717) is 0 Å². The van der Waals surface area contributed by atoms with Crippen molar-refractivity contribution in [3.8, 4) is 0 Å². The Morgan fingerprint density at radius 2 is 1.11 bits per heavy atom. The molecule has 0 heterocycles. The summed E-state index contributed by atoms with van der Waals surface area (Å²) >= 11 is 0. The first-order chi connectivity index (χ1) is 13.2. The maximum atomic E-state index is 2.54. The molecule has 0 fully saturated rings. The second-order valence-corrected chi connectivity index (χ2v) is 8.33. The van der Waals surface area contributed by atoms with Gasteiger partial charge in [-0.05, 0) is 57.2 Å². The maximum Gasteiger partial charge on any atom is 0.133 e. The molecular formula is C26H48N+. The quantitative estimate of drug-likeness (QED) is 0.203. The number of hydrogen-bond donors (Lipinski definition) is 0. The van der Waals surface area contributed by atoms with Crippen molar-refractivity contribution in [2.75, 3.05) is 19.6 Å². The second-order valence-electron chi connectivity index (χ2n) is 8.33. The van der Waals surface area contributed by atoms with Crippen molar-refractivity contribution >= 4 is 5.69 Å². The molecule has 0 aromatic heterocycles. The van der Waals surface area contributed by atoms with Gasteiger partial charge in [-0.2, -0.15) is 0 Å². The lowest BCUT2D eigenvalue weighted by atomic mass is 9.97. The van der Waals surface area contributed by atoms with Gasteiger partial charge in [0.15, 0.2) is 0 Å². The van der Waals surface area contributed by atoms with Crippen molar-refractivity contribution in [3.05, 3.63) is 29.3 Å². The third-order valence-electron chi connectivity index (χ3n) is 6.73. The molecule has 0 spiro atoms. The highest BCUT2D eigenvalue weighted by Crippen LogP contribution is 2.27. The topological polar surface area (TPSA) is 0 Å². The first kappa shape index (κ1) is 24.2. The van der Waals surface area contributed by atoms with Gasteiger partial charge in [-0.25, -0.2) is 0 Å². The number of unbranched alkanes of at least 4 members (excludes halogenated alkanes) is 9. The molecule has 1 nitrogen and oxygen atoms in total. The summed E-state index contributed by atoms with van der Waals surface area (Å²) < 4.78 is 1.12. The Bertz CT molecular complexity index is 479. The van der Waals surface area contributed by atoms with Crippen molar-refractivity contribution in [3.63, 3.8) is 0 Å². The zero-order chi connectivity index (χ0) is 20.0. The molecule has 0 saturated heterocycles. The van der Waals surface area contributed by atoms with Crippen LogP contribution in [0.5, 0.6) is 0 Å². The minimum Gasteiger partial charge on any atom is -0.292 e. The van der Waals surface area contributed by atoms with Crippen LogP contribution in [-0.2, 0) is 12.8 Å². The summed E-state index contributed by atoms with van der Waals surface area (Å²) in [7, 11) is 0. The van der Waals surface area contributed by atoms with Crippen LogP contribution in [-0.4, -0.2) is 19.6 Å². The van der Waals surface area contributed by atoms with Crippen molar-refractivity contribution in [2.24, 2.45) is 0 Å². The van der Waals surface area contributed by atoms with Gasteiger partial charge in [-0.3, -0.25) is 4.48 Å². The fourth-order valence-electron chi connectivity index (χ4n) is 4.51. The molecule has 0 aliphatic heterocycles. The second kappa shape index (κ2) is 14.2. The van der Waals surface area contributed by atoms with Crippen LogP contribution < -0.4 is 4.48 Å². The van der Waals surface area contributed by atoms with Crippen LogP contribution in [0.3, 0.4) is 0 Å². The fourth-order valence-corrected chi connectivity index (χ4v) is 4.51. The van der Waals surface area contributed by atoms with Gasteiger partial charge in [-0.1, -0.05) is 77.7 Å². The SMILES string of the molecule is CCCCCCCCCCCCc1cc([N+](CC)(CC)CC)ccc1CC. The molecule has 0 aliphatic rings. The van der Waals surface area contributed by atoms with Gasteiger partial charge in [-0.15, -0.1) is 0 Å². The molecule has 0 amide bonds. The lowest BCUT2D eigenvalue weighted by Crippen LogP contribution is -2.48. The van der Waals surface area contributed by atoms with Crippen LogP contribution in [0.4, 0.5) is 5.69 Å². The zero-order valence-electron chi connectivity index (χ0n) is 19.3. The molecule has 0 atom stereocenters. The molecule has 0 aliphatic carbocycles. The molecule has 0 bridgehead atoms. The molecule has 0 radical (unpaired) electrons. The Labute approximate surface area is 171 Å². The Morgan fingerprint density at radius 1 is 0.593 bits per heavy atom. The standard InChI is InChI=1S/C26H48N/c1-6-11-12-13-14-15-16-17-18-19-20-25-23-26(22-21-24(25)7-2)27(8-3,9-4)10-5/h21-23H,6-20H2,1-5H3/q+1. The zero-order valence-corrected chi connectivity index (χ0v) is 19.3. The third kappa shape index (κ3) is 7.98. The molecule has 0 N–H and O–H groups in total. The van der Waals surface area contributed by atoms with E-state index in [1.165, 1.54) is 96.0 Å². The summed E-state index contributed by atoms with van der Waals surface area (Å²) in [4.78, 5) is 0. The largest absolute Gasteiger partial charge is 0.292 e. The van der Waals surface area contributed by atoms with Gasteiger partial charge in [0.2, 0.25) is 0 Å². The highest BCUT2D eigenvalue weighted by Gasteiger charge is 2.24. The van der Waals surface area contributed by atoms with Crippen molar-refractivity contribution in [1.82, 2.24) is 4.48 Å². The first-order valence-corrected chi connectivity index (χ1v) is 12.2. The van der Waals surface area contributed by atoms with E-state index >= 15 is 0 Å². The molecule has 156 valence electrons. The Hall–Kier alpha value is -0.820. The lowest BCUT2D eigenvalue weighted by Gasteiger charge is -2.35. The molecule has 1 rings (SSSR count). The van der Waals surface area contributed by atoms with Gasteiger partial charge < -0.3 is 0 Å². The van der Waals surface area contributed by atoms with Crippen LogP contribution >= 0.6 is 0 Å². The first-order valence-electron chi connectivity index (χ1n) is 12.2. The number of nitrogens with zero attached hydrogens (tertiary/aromatic N) is 1. The van der Waals surface area contributed by atoms with Gasteiger partial charge in [0.25, 0.3) is 0 Å². The molecule has 0 unspecified atom stereocenters. The maximum absolute atomic E-state index is 2.54. The number of hydrogen-bond acceptors (Lipinski definition) is 0. The fraction of sp³-hybridized carbons (Fsp3) is 0.769. The van der Waals surface area contributed by atoms with E-state index in [1.54, 1.807) is 11.1 Å². The molecule has 1 aromatic carbocycles. The number of aryl methyl sites for hydroxylation is 2. The average molecular weight is 375 g/mol. The van der Waals surface area contributed by atoms with E-state index in [9.17, 15) is 0 Å². The van der Waals surface area contributed by atoms with Crippen LogP contribution in [0.2, 0.25) is 0 Å². The van der Waals surface area contributed by atoms with E-state index in [4.69, 9.17) is 0 Å². The van der Waals surface area contributed by atoms with Gasteiger partial charge in [0.05, 0.1) is 19.6 Å². The Balaban J connectivity index is 2.46. The Morgan fingerprint density at radius 3 is 1.59 bits per heavy atom. The molecule has 0 saturated carbocycles. The monoisotopic (exact) mass is 374 g/mol. The minimum atomic E-state index is 1.12. The van der Waals surface area contributed by atoms with Gasteiger partial charge in [0.1, 0.15) is 5.69 Å². The van der Waals surface area contributed by atoms with E-state index in [0.717, 1.165) is 10.9 Å². The van der Waals surface area contributed by atoms with Crippen molar-refractivity contribution in [2.45, 2.75) is 112 Å². The average Bonchev–Trinajstić information content (AvgIpc) is 2.71. The van der Waals surface area contributed by atoms with Gasteiger partial charge in [0, 0.05) is 6.07 Å². The van der Waals surface area contributed by atoms with Crippen molar-refractivity contribution in [1.29, 1.82) is 0 Å². The lowest BCUT2D eigenvalue weighted by molar-refractivity contribution is 0.315. The molecular weight excluding hydrogens is 326 g/mol. The van der Waals surface area contributed by atoms with E-state index in [-0.39, 0.29) is 0 Å². The highest BCUT2D eigenvalue weighted by atomic mass is 15.3. The Kier molecular flexibility index (Phi) is 12.8. The van der Waals surface area contributed by atoms with Gasteiger partial charge >= 0.3 is 0 Å². The normalized spacial score (nSPS) is 11.9. The summed E-state index contributed by atoms with van der Waals surface area (Å²) in [6.07, 6.45) is 16.6. The predicted octanol–water partition coefficient (Wildman–Crippen LogP) is 8.08. The van der Waals surface area contributed by atoms with Crippen LogP contribution in [0, 0.1) is 0 Å². The summed E-state index contributed by atoms with van der Waals surface area (Å²) in [5.74, 6) is 0. The summed E-state index contributed by atoms with van der Waals surface area (Å²) in [6.45, 7) is 15.2. The number of quaternary nitrogens is 1. The number of benzene rings is 1. The molecule has 1 heteroatoms. The van der Waals surface area contributed by atoms with Crippen LogP contribution in [0.15, 0.2) is 18.2 Å². The summed E-state index contributed by atoms with van der Waals surface area (Å²) in [5, 5.41) is 0. The highest BCUT2D eigenvalue weighted by molar-refractivity contribution is 5.48. The summed E-state index contributed by atoms with van der Waals surface area (Å²) in [6, 6.07) is 7.36. The third-order valence-corrected chi connectivity index (χ3v) is 6.73. The smallest absolute Gasteiger partial charge is 0.133 e. The van der Waals surface area contributed by atoms with Crippen LogP contribution in [0.25, 0.3) is 0 Å². The predicted molar refractivity (Wildman–Crippen MR) is 125 cm³/mol. The van der Waals surface area contributed by atoms with Crippen LogP contribution in [0.1, 0.15) is 110 Å². The minimum absolute atomic E-state index is 1.12. The van der Waals surface area contributed by atoms with Crippen molar-refractivity contribution < 1.29 is 0 Å². The van der Waals surface area contributed by atoms with E-state index in [2.05, 4.69) is 52.8 Å². The van der Waals surface area contributed by atoms with E-state index < -0.39 is 0 Å².